The van der Waals surface area contributed by atoms with E-state index in [4.69, 9.17) is 0 Å². The van der Waals surface area contributed by atoms with E-state index in [1.165, 1.54) is 0 Å². The minimum Gasteiger partial charge on any atom is -0.378 e. The van der Waals surface area contributed by atoms with E-state index in [1.54, 1.807) is 0 Å². The number of nitrogens with one attached hydrogen (secondary N) is 1. The van der Waals surface area contributed by atoms with E-state index < -0.39 is 0 Å². The molecule has 0 spiro atoms. The molecule has 1 N–H and O–H groups in total. The second-order valence-corrected chi connectivity index (χ2v) is 6.66. The standard InChI is InChI=1S/C20H19BrN2O/c1-14-12-19(15(2)23(14)18-6-4-3-5-7-18)20(24)13-22-17-10-8-16(21)9-11-17/h3-12,22H,13H2,1-2H3. The van der Waals surface area contributed by atoms with Gasteiger partial charge >= 0.3 is 0 Å². The van der Waals surface area contributed by atoms with E-state index in [2.05, 4.69) is 25.8 Å². The van der Waals surface area contributed by atoms with Crippen molar-refractivity contribution in [3.05, 3.63) is 82.1 Å². The van der Waals surface area contributed by atoms with Gasteiger partial charge in [-0.3, -0.25) is 4.79 Å². The van der Waals surface area contributed by atoms with Crippen molar-refractivity contribution >= 4 is 27.4 Å². The van der Waals surface area contributed by atoms with Gasteiger partial charge in [-0.15, -0.1) is 0 Å². The van der Waals surface area contributed by atoms with Crippen LogP contribution in [-0.2, 0) is 0 Å². The van der Waals surface area contributed by atoms with Gasteiger partial charge in [-0.05, 0) is 56.3 Å². The van der Waals surface area contributed by atoms with Crippen LogP contribution in [0.5, 0.6) is 0 Å². The van der Waals surface area contributed by atoms with E-state index >= 15 is 0 Å². The minimum atomic E-state index is 0.0909. The van der Waals surface area contributed by atoms with Crippen LogP contribution in [0.3, 0.4) is 0 Å². The summed E-state index contributed by atoms with van der Waals surface area (Å²) in [5, 5.41) is 3.19. The lowest BCUT2D eigenvalue weighted by Gasteiger charge is -2.10. The van der Waals surface area contributed by atoms with Gasteiger partial charge in [0.25, 0.3) is 0 Å². The molecule has 3 aromatic rings. The van der Waals surface area contributed by atoms with Crippen molar-refractivity contribution in [3.63, 3.8) is 0 Å². The Balaban J connectivity index is 1.79. The molecule has 3 rings (SSSR count). The topological polar surface area (TPSA) is 34.0 Å². The number of para-hydroxylation sites is 1. The van der Waals surface area contributed by atoms with Crippen molar-refractivity contribution in [2.24, 2.45) is 0 Å². The normalized spacial score (nSPS) is 10.6. The summed E-state index contributed by atoms with van der Waals surface area (Å²) in [6.07, 6.45) is 0. The van der Waals surface area contributed by atoms with Gasteiger partial charge in [0.1, 0.15) is 0 Å². The number of carbonyl (C=O) groups excluding carboxylic acids is 1. The zero-order chi connectivity index (χ0) is 17.1. The Morgan fingerprint density at radius 3 is 2.38 bits per heavy atom. The Kier molecular flexibility index (Phi) is 4.86. The van der Waals surface area contributed by atoms with Crippen LogP contribution in [0, 0.1) is 13.8 Å². The largest absolute Gasteiger partial charge is 0.378 e. The van der Waals surface area contributed by atoms with Crippen LogP contribution >= 0.6 is 15.9 Å². The number of aryl methyl sites for hydroxylation is 1. The van der Waals surface area contributed by atoms with Gasteiger partial charge < -0.3 is 9.88 Å². The molecule has 0 aliphatic heterocycles. The van der Waals surface area contributed by atoms with Gasteiger partial charge in [-0.25, -0.2) is 0 Å². The maximum Gasteiger partial charge on any atom is 0.183 e. The number of halogens is 1. The maximum atomic E-state index is 12.6. The molecule has 24 heavy (non-hydrogen) atoms. The third-order valence-corrected chi connectivity index (χ3v) is 4.57. The van der Waals surface area contributed by atoms with E-state index in [1.807, 2.05) is 74.5 Å². The van der Waals surface area contributed by atoms with Gasteiger partial charge in [0.2, 0.25) is 0 Å². The number of carbonyl (C=O) groups is 1. The molecule has 0 atom stereocenters. The molecule has 0 radical (unpaired) electrons. The molecule has 4 heteroatoms. The summed E-state index contributed by atoms with van der Waals surface area (Å²) >= 11 is 3.41. The predicted molar refractivity (Wildman–Crippen MR) is 102 cm³/mol. The van der Waals surface area contributed by atoms with Crippen LogP contribution in [0.2, 0.25) is 0 Å². The summed E-state index contributed by atoms with van der Waals surface area (Å²) in [6.45, 7) is 4.30. The average Bonchev–Trinajstić information content (AvgIpc) is 2.89. The smallest absolute Gasteiger partial charge is 0.183 e. The minimum absolute atomic E-state index is 0.0909. The Morgan fingerprint density at radius 1 is 1.04 bits per heavy atom. The highest BCUT2D eigenvalue weighted by Crippen LogP contribution is 2.21. The lowest BCUT2D eigenvalue weighted by Crippen LogP contribution is -2.14. The molecule has 0 amide bonds. The highest BCUT2D eigenvalue weighted by Gasteiger charge is 2.16. The van der Waals surface area contributed by atoms with Gasteiger partial charge in [0.15, 0.2) is 5.78 Å². The third-order valence-electron chi connectivity index (χ3n) is 4.04. The number of hydrogen-bond acceptors (Lipinski definition) is 2. The molecule has 3 nitrogen and oxygen atoms in total. The molecule has 2 aromatic carbocycles. The maximum absolute atomic E-state index is 12.6. The molecular formula is C20H19BrN2O. The fourth-order valence-electron chi connectivity index (χ4n) is 2.86. The molecular weight excluding hydrogens is 364 g/mol. The molecule has 122 valence electrons. The lowest BCUT2D eigenvalue weighted by atomic mass is 10.1. The predicted octanol–water partition coefficient (Wildman–Crippen LogP) is 5.15. The highest BCUT2D eigenvalue weighted by atomic mass is 79.9. The number of anilines is 1. The molecule has 1 heterocycles. The first-order valence-electron chi connectivity index (χ1n) is 7.83. The van der Waals surface area contributed by atoms with Crippen LogP contribution in [0.25, 0.3) is 5.69 Å². The summed E-state index contributed by atoms with van der Waals surface area (Å²) in [4.78, 5) is 12.6. The number of rotatable bonds is 5. The van der Waals surface area contributed by atoms with Crippen LogP contribution in [0.1, 0.15) is 21.7 Å². The van der Waals surface area contributed by atoms with E-state index in [9.17, 15) is 4.79 Å². The Labute approximate surface area is 150 Å². The van der Waals surface area contributed by atoms with Crippen molar-refractivity contribution in [1.29, 1.82) is 0 Å². The molecule has 0 fully saturated rings. The Hall–Kier alpha value is -2.33. The number of nitrogens with zero attached hydrogens (tertiary/aromatic N) is 1. The summed E-state index contributed by atoms with van der Waals surface area (Å²) in [5.41, 5.74) is 4.81. The van der Waals surface area contributed by atoms with Crippen molar-refractivity contribution in [2.75, 3.05) is 11.9 Å². The van der Waals surface area contributed by atoms with E-state index in [0.717, 1.165) is 32.8 Å². The molecule has 0 unspecified atom stereocenters. The number of benzene rings is 2. The number of aromatic nitrogens is 1. The van der Waals surface area contributed by atoms with Crippen molar-refractivity contribution in [1.82, 2.24) is 4.57 Å². The van der Waals surface area contributed by atoms with Gasteiger partial charge in [-0.2, -0.15) is 0 Å². The first-order chi connectivity index (χ1) is 11.6. The van der Waals surface area contributed by atoms with Crippen molar-refractivity contribution < 1.29 is 4.79 Å². The first-order valence-corrected chi connectivity index (χ1v) is 8.62. The second-order valence-electron chi connectivity index (χ2n) is 5.74. The fraction of sp³-hybridized carbons (Fsp3) is 0.150. The lowest BCUT2D eigenvalue weighted by molar-refractivity contribution is 0.101. The molecule has 0 saturated heterocycles. The monoisotopic (exact) mass is 382 g/mol. The van der Waals surface area contributed by atoms with Crippen LogP contribution < -0.4 is 5.32 Å². The van der Waals surface area contributed by atoms with Crippen molar-refractivity contribution in [3.8, 4) is 5.69 Å². The Bertz CT molecular complexity index is 851. The molecule has 0 aliphatic rings. The SMILES string of the molecule is Cc1cc(C(=O)CNc2ccc(Br)cc2)c(C)n1-c1ccccc1. The quantitative estimate of drug-likeness (QED) is 0.618. The summed E-state index contributed by atoms with van der Waals surface area (Å²) < 4.78 is 3.14. The van der Waals surface area contributed by atoms with Crippen molar-refractivity contribution in [2.45, 2.75) is 13.8 Å². The summed E-state index contributed by atoms with van der Waals surface area (Å²) in [6, 6.07) is 19.9. The molecule has 0 aliphatic carbocycles. The Morgan fingerprint density at radius 2 is 1.71 bits per heavy atom. The van der Waals surface area contributed by atoms with Gasteiger partial charge in [0.05, 0.1) is 6.54 Å². The van der Waals surface area contributed by atoms with Gasteiger partial charge in [-0.1, -0.05) is 34.1 Å². The highest BCUT2D eigenvalue weighted by molar-refractivity contribution is 9.10. The second kappa shape index (κ2) is 7.05. The molecule has 0 saturated carbocycles. The van der Waals surface area contributed by atoms with Gasteiger partial charge in [0, 0.05) is 32.8 Å². The molecule has 0 bridgehead atoms. The van der Waals surface area contributed by atoms with Crippen LogP contribution in [0.15, 0.2) is 65.1 Å². The number of Topliss-reactive ketones (excluding diaryl/α,β-unsaturated/α-hetero) is 1. The van der Waals surface area contributed by atoms with Crippen LogP contribution in [-0.4, -0.2) is 16.9 Å². The van der Waals surface area contributed by atoms with Crippen LogP contribution in [0.4, 0.5) is 5.69 Å². The summed E-state index contributed by atoms with van der Waals surface area (Å²) in [5.74, 6) is 0.0909. The number of ketones is 1. The average molecular weight is 383 g/mol. The summed E-state index contributed by atoms with van der Waals surface area (Å²) in [7, 11) is 0. The zero-order valence-corrected chi connectivity index (χ0v) is 15.3. The third kappa shape index (κ3) is 3.44. The fourth-order valence-corrected chi connectivity index (χ4v) is 3.13. The zero-order valence-electron chi connectivity index (χ0n) is 13.7. The molecule has 1 aromatic heterocycles. The first kappa shape index (κ1) is 16.5. The van der Waals surface area contributed by atoms with E-state index in [-0.39, 0.29) is 12.3 Å². The number of hydrogen-bond donors (Lipinski definition) is 1. The van der Waals surface area contributed by atoms with E-state index in [0.29, 0.717) is 0 Å².